The third kappa shape index (κ3) is 6.08. The highest BCUT2D eigenvalue weighted by Crippen LogP contribution is 2.32. The Morgan fingerprint density at radius 1 is 0.853 bits per heavy atom. The quantitative estimate of drug-likeness (QED) is 0.405. The molecule has 0 aromatic heterocycles. The van der Waals surface area contributed by atoms with Crippen molar-refractivity contribution in [3.05, 3.63) is 72.3 Å². The van der Waals surface area contributed by atoms with Crippen molar-refractivity contribution in [3.63, 3.8) is 0 Å². The number of sulfone groups is 1. The van der Waals surface area contributed by atoms with Crippen molar-refractivity contribution in [2.75, 3.05) is 13.2 Å². The molecule has 0 saturated heterocycles. The first kappa shape index (κ1) is 23.6. The maximum atomic E-state index is 13.3. The lowest BCUT2D eigenvalue weighted by Crippen LogP contribution is -2.07. The average Bonchev–Trinajstić information content (AvgIpc) is 3.64. The van der Waals surface area contributed by atoms with E-state index < -0.39 is 15.8 Å². The Morgan fingerprint density at radius 2 is 1.47 bits per heavy atom. The van der Waals surface area contributed by atoms with E-state index in [1.54, 1.807) is 42.5 Å². The van der Waals surface area contributed by atoms with E-state index in [4.69, 9.17) is 14.2 Å². The monoisotopic (exact) mass is 482 g/mol. The largest absolute Gasteiger partial charge is 0.494 e. The number of benzene rings is 3. The van der Waals surface area contributed by atoms with Gasteiger partial charge in [0.1, 0.15) is 23.0 Å². The molecule has 0 atom stereocenters. The van der Waals surface area contributed by atoms with Gasteiger partial charge in [0.05, 0.1) is 29.4 Å². The first-order chi connectivity index (χ1) is 16.3. The lowest BCUT2D eigenvalue weighted by atomic mass is 10.1. The topological polar surface area (TPSA) is 99.1 Å². The molecule has 1 fully saturated rings. The molecule has 1 aliphatic rings. The van der Waals surface area contributed by atoms with Crippen LogP contribution in [0.2, 0.25) is 0 Å². The van der Waals surface area contributed by atoms with Crippen molar-refractivity contribution >= 4 is 15.8 Å². The molecule has 34 heavy (non-hydrogen) atoms. The highest BCUT2D eigenvalue weighted by Gasteiger charge is 2.24. The van der Waals surface area contributed by atoms with Gasteiger partial charge < -0.3 is 19.3 Å². The van der Waals surface area contributed by atoms with Gasteiger partial charge in [-0.2, -0.15) is 0 Å². The smallest absolute Gasteiger partial charge is 0.307 e. The van der Waals surface area contributed by atoms with E-state index in [0.29, 0.717) is 41.9 Å². The number of hydrogen-bond acceptors (Lipinski definition) is 6. The van der Waals surface area contributed by atoms with Gasteiger partial charge in [-0.05, 0) is 98.0 Å². The maximum absolute atomic E-state index is 13.3. The second kappa shape index (κ2) is 10.2. The van der Waals surface area contributed by atoms with Crippen LogP contribution in [0.4, 0.5) is 0 Å². The molecule has 0 spiro atoms. The standard InChI is InChI=1S/C26H26O7S/c1-2-31-20-5-7-21(8-6-20)33-22-9-11-24(12-10-22)34(29,30)25-14-19(15-26(27)28)13-23(16-25)32-17-18-3-4-18/h5-14,16,18H,2-4,15,17H2,1H3,(H,27,28). The Bertz CT molecular complexity index is 1250. The van der Waals surface area contributed by atoms with Crippen LogP contribution in [0.5, 0.6) is 23.0 Å². The van der Waals surface area contributed by atoms with Crippen LogP contribution in [0.15, 0.2) is 76.5 Å². The van der Waals surface area contributed by atoms with Gasteiger partial charge in [-0.25, -0.2) is 8.42 Å². The zero-order chi connectivity index (χ0) is 24.1. The summed E-state index contributed by atoms with van der Waals surface area (Å²) in [5, 5.41) is 9.18. The minimum absolute atomic E-state index is 0.00257. The Kier molecular flexibility index (Phi) is 7.07. The van der Waals surface area contributed by atoms with Crippen molar-refractivity contribution in [1.29, 1.82) is 0 Å². The zero-order valence-corrected chi connectivity index (χ0v) is 19.6. The number of carbonyl (C=O) groups is 1. The third-order valence-corrected chi connectivity index (χ3v) is 7.04. The van der Waals surface area contributed by atoms with Crippen molar-refractivity contribution < 1.29 is 32.5 Å². The molecule has 4 rings (SSSR count). The Hall–Kier alpha value is -3.52. The summed E-state index contributed by atoms with van der Waals surface area (Å²) < 4.78 is 43.5. The van der Waals surface area contributed by atoms with Gasteiger partial charge in [0.15, 0.2) is 0 Å². The van der Waals surface area contributed by atoms with Crippen LogP contribution in [-0.4, -0.2) is 32.7 Å². The van der Waals surface area contributed by atoms with E-state index in [9.17, 15) is 18.3 Å². The normalized spacial score (nSPS) is 13.3. The van der Waals surface area contributed by atoms with Crippen molar-refractivity contribution in [3.8, 4) is 23.0 Å². The van der Waals surface area contributed by atoms with Crippen molar-refractivity contribution in [2.24, 2.45) is 5.92 Å². The first-order valence-corrected chi connectivity index (χ1v) is 12.6. The van der Waals surface area contributed by atoms with E-state index in [0.717, 1.165) is 18.6 Å². The molecule has 1 saturated carbocycles. The lowest BCUT2D eigenvalue weighted by molar-refractivity contribution is -0.136. The molecule has 8 heteroatoms. The third-order valence-electron chi connectivity index (χ3n) is 5.29. The summed E-state index contributed by atoms with van der Waals surface area (Å²) in [6.45, 7) is 2.97. The van der Waals surface area contributed by atoms with Gasteiger partial charge in [0.25, 0.3) is 0 Å². The highest BCUT2D eigenvalue weighted by atomic mass is 32.2. The molecule has 0 unspecified atom stereocenters. The molecule has 0 bridgehead atoms. The zero-order valence-electron chi connectivity index (χ0n) is 18.8. The minimum Gasteiger partial charge on any atom is -0.494 e. The van der Waals surface area contributed by atoms with E-state index in [2.05, 4.69) is 0 Å². The first-order valence-electron chi connectivity index (χ1n) is 11.1. The van der Waals surface area contributed by atoms with Crippen LogP contribution in [0.1, 0.15) is 25.3 Å². The molecule has 0 aliphatic heterocycles. The van der Waals surface area contributed by atoms with E-state index in [1.807, 2.05) is 6.92 Å². The maximum Gasteiger partial charge on any atom is 0.307 e. The molecule has 3 aromatic rings. The van der Waals surface area contributed by atoms with E-state index in [1.165, 1.54) is 24.3 Å². The molecule has 3 aromatic carbocycles. The van der Waals surface area contributed by atoms with Crippen molar-refractivity contribution in [1.82, 2.24) is 0 Å². The predicted octanol–water partition coefficient (Wildman–Crippen LogP) is 5.13. The Labute approximate surface area is 198 Å². The fraction of sp³-hybridized carbons (Fsp3) is 0.269. The van der Waals surface area contributed by atoms with Gasteiger partial charge >= 0.3 is 5.97 Å². The Morgan fingerprint density at radius 3 is 2.06 bits per heavy atom. The molecule has 7 nitrogen and oxygen atoms in total. The molecular formula is C26H26O7S. The average molecular weight is 483 g/mol. The predicted molar refractivity (Wildman–Crippen MR) is 126 cm³/mol. The summed E-state index contributed by atoms with van der Waals surface area (Å²) in [6.07, 6.45) is 1.88. The van der Waals surface area contributed by atoms with Gasteiger partial charge in [-0.1, -0.05) is 0 Å². The van der Waals surface area contributed by atoms with E-state index in [-0.39, 0.29) is 16.2 Å². The molecule has 178 valence electrons. The Balaban J connectivity index is 1.54. The number of hydrogen-bond donors (Lipinski definition) is 1. The summed E-state index contributed by atoms with van der Waals surface area (Å²) in [6, 6.07) is 17.6. The molecule has 1 N–H and O–H groups in total. The minimum atomic E-state index is -3.89. The molecule has 1 aliphatic carbocycles. The molecule has 0 radical (unpaired) electrons. The highest BCUT2D eigenvalue weighted by molar-refractivity contribution is 7.91. The van der Waals surface area contributed by atoms with Crippen LogP contribution in [0.25, 0.3) is 0 Å². The van der Waals surface area contributed by atoms with Crippen LogP contribution >= 0.6 is 0 Å². The van der Waals surface area contributed by atoms with Crippen LogP contribution < -0.4 is 14.2 Å². The number of aliphatic carboxylic acids is 1. The molecule has 0 heterocycles. The second-order valence-electron chi connectivity index (χ2n) is 8.12. The second-order valence-corrected chi connectivity index (χ2v) is 10.1. The van der Waals surface area contributed by atoms with Crippen LogP contribution in [0.3, 0.4) is 0 Å². The van der Waals surface area contributed by atoms with Gasteiger partial charge in [0.2, 0.25) is 9.84 Å². The summed E-state index contributed by atoms with van der Waals surface area (Å²) in [5.74, 6) is 1.61. The van der Waals surface area contributed by atoms with Gasteiger partial charge in [0, 0.05) is 0 Å². The number of carboxylic acids is 1. The van der Waals surface area contributed by atoms with Crippen LogP contribution in [0, 0.1) is 5.92 Å². The number of ether oxygens (including phenoxy) is 3. The number of carboxylic acid groups (broad SMARTS) is 1. The lowest BCUT2D eigenvalue weighted by Gasteiger charge is -2.12. The van der Waals surface area contributed by atoms with E-state index >= 15 is 0 Å². The van der Waals surface area contributed by atoms with Gasteiger partial charge in [-0.15, -0.1) is 0 Å². The van der Waals surface area contributed by atoms with Crippen LogP contribution in [-0.2, 0) is 21.1 Å². The number of rotatable bonds is 11. The summed E-state index contributed by atoms with van der Waals surface area (Å²) >= 11 is 0. The van der Waals surface area contributed by atoms with Crippen molar-refractivity contribution in [2.45, 2.75) is 36.0 Å². The molecule has 0 amide bonds. The fourth-order valence-corrected chi connectivity index (χ4v) is 4.72. The van der Waals surface area contributed by atoms with Gasteiger partial charge in [-0.3, -0.25) is 4.79 Å². The fourth-order valence-electron chi connectivity index (χ4n) is 3.37. The SMILES string of the molecule is CCOc1ccc(Oc2ccc(S(=O)(=O)c3cc(CC(=O)O)cc(OCC4CC4)c3)cc2)cc1. The summed E-state index contributed by atoms with van der Waals surface area (Å²) in [4.78, 5) is 11.3. The molecular weight excluding hydrogens is 456 g/mol. The summed E-state index contributed by atoms with van der Waals surface area (Å²) in [7, 11) is -3.89. The summed E-state index contributed by atoms with van der Waals surface area (Å²) in [5.41, 5.74) is 0.370.